The lowest BCUT2D eigenvalue weighted by Gasteiger charge is -2.27. The SMILES string of the molecule is CCCCCCCCCCCCCCOC(=O)C(C)(CCC)CCCCCCC. The van der Waals surface area contributed by atoms with Gasteiger partial charge in [0.2, 0.25) is 0 Å². The summed E-state index contributed by atoms with van der Waals surface area (Å²) in [5.41, 5.74) is -0.266. The molecule has 0 aromatic carbocycles. The van der Waals surface area contributed by atoms with Crippen LogP contribution in [0.5, 0.6) is 0 Å². The Balaban J connectivity index is 3.69. The molecule has 0 fully saturated rings. The largest absolute Gasteiger partial charge is 0.465 e. The first-order valence-corrected chi connectivity index (χ1v) is 13.3. The molecule has 0 rings (SSSR count). The predicted octanol–water partition coefficient (Wildman–Crippen LogP) is 9.40. The van der Waals surface area contributed by atoms with Crippen molar-refractivity contribution >= 4 is 5.97 Å². The molecule has 0 aliphatic heterocycles. The Bertz CT molecular complexity index is 352. The van der Waals surface area contributed by atoms with Gasteiger partial charge < -0.3 is 4.74 Å². The van der Waals surface area contributed by atoms with Crippen LogP contribution in [-0.4, -0.2) is 12.6 Å². The monoisotopic (exact) mass is 410 g/mol. The van der Waals surface area contributed by atoms with Crippen LogP contribution in [0.15, 0.2) is 0 Å². The third-order valence-corrected chi connectivity index (χ3v) is 6.36. The summed E-state index contributed by atoms with van der Waals surface area (Å²) in [6.45, 7) is 9.44. The molecule has 29 heavy (non-hydrogen) atoms. The summed E-state index contributed by atoms with van der Waals surface area (Å²) in [7, 11) is 0. The minimum Gasteiger partial charge on any atom is -0.465 e. The fourth-order valence-corrected chi connectivity index (χ4v) is 4.28. The number of ether oxygens (including phenoxy) is 1. The summed E-state index contributed by atoms with van der Waals surface area (Å²) in [4.78, 5) is 12.7. The molecule has 0 aliphatic rings. The van der Waals surface area contributed by atoms with E-state index in [1.807, 2.05) is 0 Å². The first-order valence-electron chi connectivity index (χ1n) is 13.3. The summed E-state index contributed by atoms with van der Waals surface area (Å²) < 4.78 is 5.69. The van der Waals surface area contributed by atoms with Gasteiger partial charge in [-0.2, -0.15) is 0 Å². The van der Waals surface area contributed by atoms with Crippen LogP contribution < -0.4 is 0 Å². The third-order valence-electron chi connectivity index (χ3n) is 6.36. The van der Waals surface area contributed by atoms with Crippen molar-refractivity contribution in [3.8, 4) is 0 Å². The molecule has 0 saturated carbocycles. The summed E-state index contributed by atoms with van der Waals surface area (Å²) >= 11 is 0. The van der Waals surface area contributed by atoms with Gasteiger partial charge in [0.15, 0.2) is 0 Å². The summed E-state index contributed by atoms with van der Waals surface area (Å²) in [6.07, 6.45) is 25.3. The van der Waals surface area contributed by atoms with E-state index in [0.29, 0.717) is 6.61 Å². The fourth-order valence-electron chi connectivity index (χ4n) is 4.28. The molecule has 1 unspecified atom stereocenters. The van der Waals surface area contributed by atoms with Crippen molar-refractivity contribution in [3.05, 3.63) is 0 Å². The number of unbranched alkanes of at least 4 members (excludes halogenated alkanes) is 15. The van der Waals surface area contributed by atoms with Crippen molar-refractivity contribution in [3.63, 3.8) is 0 Å². The number of carbonyl (C=O) groups is 1. The predicted molar refractivity (Wildman–Crippen MR) is 128 cm³/mol. The molecule has 0 aromatic rings. The summed E-state index contributed by atoms with van der Waals surface area (Å²) in [5, 5.41) is 0. The molecule has 0 aromatic heterocycles. The van der Waals surface area contributed by atoms with Crippen molar-refractivity contribution in [2.75, 3.05) is 6.61 Å². The first kappa shape index (κ1) is 28.5. The molecule has 174 valence electrons. The third kappa shape index (κ3) is 16.9. The van der Waals surface area contributed by atoms with Gasteiger partial charge in [-0.25, -0.2) is 0 Å². The molecular weight excluding hydrogens is 356 g/mol. The van der Waals surface area contributed by atoms with E-state index in [2.05, 4.69) is 27.7 Å². The standard InChI is InChI=1S/C27H54O2/c1-5-8-10-12-13-14-15-16-17-18-20-22-25-29-26(28)27(4,23-7-3)24-21-19-11-9-6-2/h5-25H2,1-4H3. The van der Waals surface area contributed by atoms with Gasteiger partial charge in [-0.1, -0.05) is 130 Å². The number of hydrogen-bond acceptors (Lipinski definition) is 2. The number of hydrogen-bond donors (Lipinski definition) is 0. The van der Waals surface area contributed by atoms with E-state index in [-0.39, 0.29) is 11.4 Å². The second-order valence-corrected chi connectivity index (χ2v) is 9.50. The Morgan fingerprint density at radius 2 is 0.966 bits per heavy atom. The Kier molecular flexibility index (Phi) is 20.4. The average Bonchev–Trinajstić information content (AvgIpc) is 2.71. The number of rotatable bonds is 22. The molecule has 2 heteroatoms. The molecule has 0 saturated heterocycles. The molecule has 0 N–H and O–H groups in total. The summed E-state index contributed by atoms with van der Waals surface area (Å²) in [6, 6.07) is 0. The van der Waals surface area contributed by atoms with Gasteiger partial charge in [-0.15, -0.1) is 0 Å². The first-order chi connectivity index (χ1) is 14.1. The Labute approximate surface area is 184 Å². The lowest BCUT2D eigenvalue weighted by Crippen LogP contribution is -2.30. The van der Waals surface area contributed by atoms with Crippen molar-refractivity contribution in [2.45, 2.75) is 156 Å². The van der Waals surface area contributed by atoms with Crippen LogP contribution in [0.4, 0.5) is 0 Å². The van der Waals surface area contributed by atoms with Gasteiger partial charge in [0.25, 0.3) is 0 Å². The van der Waals surface area contributed by atoms with Gasteiger partial charge in [-0.05, 0) is 26.2 Å². The smallest absolute Gasteiger partial charge is 0.311 e. The van der Waals surface area contributed by atoms with Gasteiger partial charge in [0.05, 0.1) is 12.0 Å². The van der Waals surface area contributed by atoms with Gasteiger partial charge >= 0.3 is 5.97 Å². The van der Waals surface area contributed by atoms with Crippen molar-refractivity contribution in [1.82, 2.24) is 0 Å². The maximum absolute atomic E-state index is 12.7. The molecule has 0 bridgehead atoms. The zero-order chi connectivity index (χ0) is 21.6. The van der Waals surface area contributed by atoms with Crippen LogP contribution >= 0.6 is 0 Å². The molecule has 1 atom stereocenters. The lowest BCUT2D eigenvalue weighted by molar-refractivity contribution is -0.156. The highest BCUT2D eigenvalue weighted by Gasteiger charge is 2.33. The highest BCUT2D eigenvalue weighted by molar-refractivity contribution is 5.76. The summed E-state index contributed by atoms with van der Waals surface area (Å²) in [5.74, 6) is 0.0536. The highest BCUT2D eigenvalue weighted by Crippen LogP contribution is 2.32. The van der Waals surface area contributed by atoms with E-state index in [4.69, 9.17) is 4.74 Å². The Morgan fingerprint density at radius 1 is 0.552 bits per heavy atom. The van der Waals surface area contributed by atoms with Crippen LogP contribution in [0.2, 0.25) is 0 Å². The number of esters is 1. The van der Waals surface area contributed by atoms with Crippen LogP contribution in [0.25, 0.3) is 0 Å². The lowest BCUT2D eigenvalue weighted by atomic mass is 9.80. The maximum atomic E-state index is 12.7. The topological polar surface area (TPSA) is 26.3 Å². The van der Waals surface area contributed by atoms with Crippen molar-refractivity contribution in [1.29, 1.82) is 0 Å². The van der Waals surface area contributed by atoms with E-state index >= 15 is 0 Å². The maximum Gasteiger partial charge on any atom is 0.311 e. The van der Waals surface area contributed by atoms with Crippen molar-refractivity contribution in [2.24, 2.45) is 5.41 Å². The zero-order valence-electron chi connectivity index (χ0n) is 20.7. The molecule has 0 aliphatic carbocycles. The van der Waals surface area contributed by atoms with E-state index in [9.17, 15) is 4.79 Å². The molecule has 0 heterocycles. The Hall–Kier alpha value is -0.530. The minimum absolute atomic E-state index is 0.0536. The normalized spacial score (nSPS) is 13.4. The number of carbonyl (C=O) groups excluding carboxylic acids is 1. The van der Waals surface area contributed by atoms with Crippen LogP contribution in [0, 0.1) is 5.41 Å². The Morgan fingerprint density at radius 3 is 1.41 bits per heavy atom. The highest BCUT2D eigenvalue weighted by atomic mass is 16.5. The second-order valence-electron chi connectivity index (χ2n) is 9.50. The molecular formula is C27H54O2. The van der Waals surface area contributed by atoms with E-state index in [1.54, 1.807) is 0 Å². The van der Waals surface area contributed by atoms with E-state index in [1.165, 1.54) is 96.3 Å². The van der Waals surface area contributed by atoms with Gasteiger partial charge in [-0.3, -0.25) is 4.79 Å². The molecule has 0 amide bonds. The fraction of sp³-hybridized carbons (Fsp3) is 0.963. The van der Waals surface area contributed by atoms with Crippen LogP contribution in [0.1, 0.15) is 156 Å². The van der Waals surface area contributed by atoms with Gasteiger partial charge in [0.1, 0.15) is 0 Å². The van der Waals surface area contributed by atoms with Crippen LogP contribution in [-0.2, 0) is 9.53 Å². The molecule has 0 spiro atoms. The van der Waals surface area contributed by atoms with Gasteiger partial charge in [0, 0.05) is 0 Å². The van der Waals surface area contributed by atoms with E-state index < -0.39 is 0 Å². The zero-order valence-corrected chi connectivity index (χ0v) is 20.7. The van der Waals surface area contributed by atoms with Crippen LogP contribution in [0.3, 0.4) is 0 Å². The van der Waals surface area contributed by atoms with E-state index in [0.717, 1.165) is 32.1 Å². The molecule has 0 radical (unpaired) electrons. The molecule has 2 nitrogen and oxygen atoms in total. The second kappa shape index (κ2) is 20.7. The quantitative estimate of drug-likeness (QED) is 0.131. The average molecular weight is 411 g/mol. The van der Waals surface area contributed by atoms with Crippen molar-refractivity contribution < 1.29 is 9.53 Å². The minimum atomic E-state index is -0.266.